The van der Waals surface area contributed by atoms with Crippen molar-refractivity contribution in [2.45, 2.75) is 52.8 Å². The molecule has 0 nitrogen and oxygen atoms in total. The number of rotatable bonds is 4. The Morgan fingerprint density at radius 1 is 1.18 bits per heavy atom. The third kappa shape index (κ3) is 5.35. The van der Waals surface area contributed by atoms with E-state index in [2.05, 4.69) is 42.5 Å². The topological polar surface area (TPSA) is 0 Å². The maximum Gasteiger partial charge on any atom is 0.108 e. The molecule has 0 radical (unpaired) electrons. The molecule has 0 N–H and O–H groups in total. The van der Waals surface area contributed by atoms with Gasteiger partial charge in [-0.05, 0) is 11.8 Å². The van der Waals surface area contributed by atoms with Crippen molar-refractivity contribution < 1.29 is 0 Å². The van der Waals surface area contributed by atoms with Crippen molar-refractivity contribution in [1.82, 2.24) is 0 Å². The highest BCUT2D eigenvalue weighted by molar-refractivity contribution is 6.14. The monoisotopic (exact) mass is 154 g/mol. The van der Waals surface area contributed by atoms with Crippen LogP contribution in [0.2, 0.25) is 5.31 Å². The second-order valence-electron chi connectivity index (χ2n) is 5.13. The number of hydrogen-bond acceptors (Lipinski definition) is 0. The first-order chi connectivity index (χ1) is 4.87. The van der Waals surface area contributed by atoms with Gasteiger partial charge in [0.1, 0.15) is 7.85 Å². The van der Waals surface area contributed by atoms with E-state index in [4.69, 9.17) is 0 Å². The average molecular weight is 154 g/mol. The van der Waals surface area contributed by atoms with E-state index in [1.165, 1.54) is 12.8 Å². The van der Waals surface area contributed by atoms with E-state index in [-0.39, 0.29) is 0 Å². The molecule has 0 spiro atoms. The molecule has 0 aliphatic rings. The average Bonchev–Trinajstić information content (AvgIpc) is 1.82. The van der Waals surface area contributed by atoms with Gasteiger partial charge >= 0.3 is 0 Å². The second kappa shape index (κ2) is 4.18. The van der Waals surface area contributed by atoms with Gasteiger partial charge < -0.3 is 0 Å². The van der Waals surface area contributed by atoms with Gasteiger partial charge in [-0.3, -0.25) is 0 Å². The molecule has 2 unspecified atom stereocenters. The van der Waals surface area contributed by atoms with Crippen LogP contribution in [0.5, 0.6) is 0 Å². The van der Waals surface area contributed by atoms with Crippen LogP contribution in [0.1, 0.15) is 47.5 Å². The number of hydrogen-bond donors (Lipinski definition) is 0. The van der Waals surface area contributed by atoms with Gasteiger partial charge in [-0.1, -0.05) is 52.8 Å². The fourth-order valence-corrected chi connectivity index (χ4v) is 1.57. The van der Waals surface area contributed by atoms with Crippen LogP contribution in [0.15, 0.2) is 0 Å². The van der Waals surface area contributed by atoms with Crippen molar-refractivity contribution in [3.63, 3.8) is 0 Å². The van der Waals surface area contributed by atoms with E-state index in [1.54, 1.807) is 0 Å². The quantitative estimate of drug-likeness (QED) is 0.546. The summed E-state index contributed by atoms with van der Waals surface area (Å²) in [5, 5.41) is 0.503. The zero-order valence-electron chi connectivity index (χ0n) is 9.07. The fourth-order valence-electron chi connectivity index (χ4n) is 1.57. The van der Waals surface area contributed by atoms with Gasteiger partial charge in [-0.2, -0.15) is 0 Å². The Morgan fingerprint density at radius 2 is 1.64 bits per heavy atom. The summed E-state index contributed by atoms with van der Waals surface area (Å²) >= 11 is 0. The lowest BCUT2D eigenvalue weighted by molar-refractivity contribution is 0.324. The minimum Gasteiger partial charge on any atom is -0.0672 e. The largest absolute Gasteiger partial charge is 0.108 e. The molecule has 0 fully saturated rings. The van der Waals surface area contributed by atoms with Crippen molar-refractivity contribution in [2.24, 2.45) is 11.8 Å². The third-order valence-electron chi connectivity index (χ3n) is 2.55. The van der Waals surface area contributed by atoms with Gasteiger partial charge in [0.15, 0.2) is 0 Å². The molecule has 2 atom stereocenters. The van der Waals surface area contributed by atoms with Crippen LogP contribution in [0.3, 0.4) is 0 Å². The van der Waals surface area contributed by atoms with Crippen molar-refractivity contribution in [2.75, 3.05) is 0 Å². The Labute approximate surface area is 73.2 Å². The lowest BCUT2D eigenvalue weighted by Gasteiger charge is -2.26. The Hall–Kier alpha value is 0.0649. The normalized spacial score (nSPS) is 17.9. The van der Waals surface area contributed by atoms with E-state index >= 15 is 0 Å². The predicted octanol–water partition coefficient (Wildman–Crippen LogP) is 2.89. The molecule has 0 amide bonds. The minimum atomic E-state index is 0.503. The molecule has 0 bridgehead atoms. The molecule has 0 aliphatic carbocycles. The lowest BCUT2D eigenvalue weighted by Crippen LogP contribution is -2.14. The summed E-state index contributed by atoms with van der Waals surface area (Å²) in [5.74, 6) is 1.76. The van der Waals surface area contributed by atoms with Crippen molar-refractivity contribution in [3.8, 4) is 0 Å². The zero-order chi connectivity index (χ0) is 9.07. The molecular formula is C10H23B. The lowest BCUT2D eigenvalue weighted by atomic mass is 9.65. The van der Waals surface area contributed by atoms with Gasteiger partial charge in [0.25, 0.3) is 0 Å². The Bertz CT molecular complexity index is 102. The summed E-state index contributed by atoms with van der Waals surface area (Å²) < 4.78 is 0. The van der Waals surface area contributed by atoms with Crippen LogP contribution >= 0.6 is 0 Å². The Kier molecular flexibility index (Phi) is 4.21. The van der Waals surface area contributed by atoms with Gasteiger partial charge in [0.05, 0.1) is 0 Å². The van der Waals surface area contributed by atoms with Crippen molar-refractivity contribution in [3.05, 3.63) is 0 Å². The maximum atomic E-state index is 2.37. The van der Waals surface area contributed by atoms with Crippen molar-refractivity contribution in [1.29, 1.82) is 0 Å². The van der Waals surface area contributed by atoms with Gasteiger partial charge in [-0.15, -0.1) is 0 Å². The predicted molar refractivity (Wildman–Crippen MR) is 55.8 cm³/mol. The SMILES string of the molecule is BC(C)(C)CC(C)C(C)CC. The molecule has 0 aliphatic heterocycles. The smallest absolute Gasteiger partial charge is 0.0672 e. The second-order valence-corrected chi connectivity index (χ2v) is 5.13. The highest BCUT2D eigenvalue weighted by Crippen LogP contribution is 2.32. The standard InChI is InChI=1S/C10H23B/c1-6-8(2)9(3)7-10(4,5)11/h8-9H,6-7,11H2,1-5H3. The zero-order valence-corrected chi connectivity index (χ0v) is 9.07. The van der Waals surface area contributed by atoms with E-state index in [1.807, 2.05) is 0 Å². The molecule has 0 saturated heterocycles. The Balaban J connectivity index is 3.77. The van der Waals surface area contributed by atoms with Crippen LogP contribution in [0.4, 0.5) is 0 Å². The fraction of sp³-hybridized carbons (Fsp3) is 1.00. The first kappa shape index (κ1) is 11.1. The summed E-state index contributed by atoms with van der Waals surface area (Å²) in [6.45, 7) is 11.7. The summed E-state index contributed by atoms with van der Waals surface area (Å²) in [6, 6.07) is 0. The summed E-state index contributed by atoms with van der Waals surface area (Å²) in [7, 11) is 2.33. The molecule has 0 aromatic heterocycles. The minimum absolute atomic E-state index is 0.503. The molecule has 0 heterocycles. The van der Waals surface area contributed by atoms with Gasteiger partial charge in [0.2, 0.25) is 0 Å². The molecule has 1 heteroatoms. The first-order valence-corrected chi connectivity index (χ1v) is 4.87. The molecule has 66 valence electrons. The molecule has 0 aromatic carbocycles. The molecule has 0 aromatic rings. The summed E-state index contributed by atoms with van der Waals surface area (Å²) in [5.41, 5.74) is 0. The van der Waals surface area contributed by atoms with Crippen LogP contribution in [-0.4, -0.2) is 7.85 Å². The molecule has 0 saturated carbocycles. The van der Waals surface area contributed by atoms with Crippen LogP contribution in [0.25, 0.3) is 0 Å². The van der Waals surface area contributed by atoms with Crippen molar-refractivity contribution >= 4 is 7.85 Å². The van der Waals surface area contributed by atoms with Crippen LogP contribution in [0, 0.1) is 11.8 Å². The van der Waals surface area contributed by atoms with Gasteiger partial charge in [-0.25, -0.2) is 0 Å². The van der Waals surface area contributed by atoms with E-state index in [0.29, 0.717) is 5.31 Å². The highest BCUT2D eigenvalue weighted by Gasteiger charge is 2.18. The van der Waals surface area contributed by atoms with E-state index in [0.717, 1.165) is 11.8 Å². The van der Waals surface area contributed by atoms with Crippen LogP contribution in [-0.2, 0) is 0 Å². The molecular weight excluding hydrogens is 131 g/mol. The summed E-state index contributed by atoms with van der Waals surface area (Å²) in [6.07, 6.45) is 2.67. The summed E-state index contributed by atoms with van der Waals surface area (Å²) in [4.78, 5) is 0. The van der Waals surface area contributed by atoms with E-state index < -0.39 is 0 Å². The molecule has 11 heavy (non-hydrogen) atoms. The Morgan fingerprint density at radius 3 is 1.91 bits per heavy atom. The van der Waals surface area contributed by atoms with Gasteiger partial charge in [0, 0.05) is 0 Å². The highest BCUT2D eigenvalue weighted by atomic mass is 14.2. The molecule has 0 rings (SSSR count). The first-order valence-electron chi connectivity index (χ1n) is 4.87. The van der Waals surface area contributed by atoms with E-state index in [9.17, 15) is 0 Å². The third-order valence-corrected chi connectivity index (χ3v) is 2.55. The van der Waals surface area contributed by atoms with Crippen LogP contribution < -0.4 is 0 Å². The maximum absolute atomic E-state index is 2.37.